The first-order valence-corrected chi connectivity index (χ1v) is 6.89. The zero-order chi connectivity index (χ0) is 14.0. The molecule has 0 amide bonds. The van der Waals surface area contributed by atoms with Crippen molar-refractivity contribution < 1.29 is 9.59 Å². The topological polar surface area (TPSA) is 34.1 Å². The Morgan fingerprint density at radius 3 is 1.70 bits per heavy atom. The van der Waals surface area contributed by atoms with Gasteiger partial charge in [0.25, 0.3) is 0 Å². The van der Waals surface area contributed by atoms with Crippen LogP contribution in [0.4, 0.5) is 0 Å². The number of rotatable bonds is 2. The fraction of sp³-hybridized carbons (Fsp3) is 0.222. The quantitative estimate of drug-likeness (QED) is 0.780. The first kappa shape index (κ1) is 12.8. The second kappa shape index (κ2) is 5.04. The molecule has 0 radical (unpaired) electrons. The van der Waals surface area contributed by atoms with Crippen molar-refractivity contribution in [2.45, 2.75) is 24.7 Å². The van der Waals surface area contributed by atoms with Crippen molar-refractivity contribution in [2.24, 2.45) is 0 Å². The minimum atomic E-state index is -0.656. The van der Waals surface area contributed by atoms with Crippen LogP contribution >= 0.6 is 0 Å². The Bertz CT molecular complexity index is 589. The van der Waals surface area contributed by atoms with E-state index in [2.05, 4.69) is 0 Å². The number of carbonyl (C=O) groups excluding carboxylic acids is 2. The Kier molecular flexibility index (Phi) is 3.23. The fourth-order valence-corrected chi connectivity index (χ4v) is 3.11. The predicted molar refractivity (Wildman–Crippen MR) is 77.5 cm³/mol. The first-order chi connectivity index (χ1) is 9.73. The molecule has 0 heterocycles. The second-order valence-electron chi connectivity index (χ2n) is 5.28. The number of ketones is 2. The van der Waals surface area contributed by atoms with Crippen LogP contribution in [0.15, 0.2) is 60.7 Å². The predicted octanol–water partition coefficient (Wildman–Crippen LogP) is 3.29. The summed E-state index contributed by atoms with van der Waals surface area (Å²) in [7, 11) is 0. The van der Waals surface area contributed by atoms with Crippen LogP contribution in [0, 0.1) is 0 Å². The molecule has 1 fully saturated rings. The maximum Gasteiger partial charge on any atom is 0.155 e. The zero-order valence-electron chi connectivity index (χ0n) is 11.2. The van der Waals surface area contributed by atoms with E-state index in [1.165, 1.54) is 0 Å². The van der Waals surface area contributed by atoms with E-state index < -0.39 is 5.41 Å². The third-order valence-corrected chi connectivity index (χ3v) is 4.15. The molecule has 2 heteroatoms. The van der Waals surface area contributed by atoms with Crippen LogP contribution < -0.4 is 0 Å². The van der Waals surface area contributed by atoms with Crippen molar-refractivity contribution >= 4 is 11.6 Å². The maximum atomic E-state index is 12.7. The Morgan fingerprint density at radius 1 is 0.750 bits per heavy atom. The summed E-state index contributed by atoms with van der Waals surface area (Å²) in [6.45, 7) is 0. The smallest absolute Gasteiger partial charge is 0.155 e. The highest BCUT2D eigenvalue weighted by Gasteiger charge is 2.44. The molecule has 0 N–H and O–H groups in total. The third kappa shape index (κ3) is 1.97. The third-order valence-electron chi connectivity index (χ3n) is 4.15. The standard InChI is InChI=1S/C18H16O2/c19-16-11-12-18(17(20)13-16,14-7-3-1-4-8-14)15-9-5-2-6-10-15/h1-10H,11-13H2. The van der Waals surface area contributed by atoms with Crippen LogP contribution in [-0.2, 0) is 15.0 Å². The molecule has 20 heavy (non-hydrogen) atoms. The van der Waals surface area contributed by atoms with Gasteiger partial charge in [-0.25, -0.2) is 0 Å². The molecule has 0 aliphatic heterocycles. The Labute approximate surface area is 118 Å². The molecule has 2 nitrogen and oxygen atoms in total. The number of Topliss-reactive ketones (excluding diaryl/α,β-unsaturated/α-hetero) is 2. The minimum Gasteiger partial charge on any atom is -0.299 e. The van der Waals surface area contributed by atoms with Gasteiger partial charge in [-0.3, -0.25) is 9.59 Å². The summed E-state index contributed by atoms with van der Waals surface area (Å²) in [5, 5.41) is 0. The lowest BCUT2D eigenvalue weighted by atomic mass is 9.64. The van der Waals surface area contributed by atoms with E-state index in [0.29, 0.717) is 12.8 Å². The molecule has 0 atom stereocenters. The molecule has 1 saturated carbocycles. The first-order valence-electron chi connectivity index (χ1n) is 6.89. The SMILES string of the molecule is O=C1CCC(c2ccccc2)(c2ccccc2)C(=O)C1. The average molecular weight is 264 g/mol. The van der Waals surface area contributed by atoms with Crippen LogP contribution in [-0.4, -0.2) is 11.6 Å². The Morgan fingerprint density at radius 2 is 1.25 bits per heavy atom. The van der Waals surface area contributed by atoms with E-state index in [9.17, 15) is 9.59 Å². The Hall–Kier alpha value is -2.22. The van der Waals surface area contributed by atoms with Gasteiger partial charge in [0.2, 0.25) is 0 Å². The van der Waals surface area contributed by atoms with Crippen LogP contribution in [0.3, 0.4) is 0 Å². The number of hydrogen-bond donors (Lipinski definition) is 0. The van der Waals surface area contributed by atoms with Crippen molar-refractivity contribution in [3.63, 3.8) is 0 Å². The van der Waals surface area contributed by atoms with Crippen molar-refractivity contribution in [3.8, 4) is 0 Å². The van der Waals surface area contributed by atoms with Gasteiger partial charge in [-0.05, 0) is 17.5 Å². The largest absolute Gasteiger partial charge is 0.299 e. The summed E-state index contributed by atoms with van der Waals surface area (Å²) in [5.41, 5.74) is 1.32. The average Bonchev–Trinajstić information content (AvgIpc) is 2.50. The summed E-state index contributed by atoms with van der Waals surface area (Å²) >= 11 is 0. The Balaban J connectivity index is 2.18. The van der Waals surface area contributed by atoms with E-state index >= 15 is 0 Å². The van der Waals surface area contributed by atoms with E-state index in [1.54, 1.807) is 0 Å². The van der Waals surface area contributed by atoms with Gasteiger partial charge in [-0.15, -0.1) is 0 Å². The van der Waals surface area contributed by atoms with Crippen molar-refractivity contribution in [1.82, 2.24) is 0 Å². The monoisotopic (exact) mass is 264 g/mol. The van der Waals surface area contributed by atoms with E-state index in [4.69, 9.17) is 0 Å². The number of hydrogen-bond acceptors (Lipinski definition) is 2. The minimum absolute atomic E-state index is 0.0196. The zero-order valence-corrected chi connectivity index (χ0v) is 11.2. The van der Waals surface area contributed by atoms with Crippen LogP contribution in [0.2, 0.25) is 0 Å². The number of carbonyl (C=O) groups is 2. The molecular weight excluding hydrogens is 248 g/mol. The second-order valence-corrected chi connectivity index (χ2v) is 5.28. The van der Waals surface area contributed by atoms with E-state index in [-0.39, 0.29) is 18.0 Å². The van der Waals surface area contributed by atoms with Crippen molar-refractivity contribution in [1.29, 1.82) is 0 Å². The van der Waals surface area contributed by atoms with Crippen LogP contribution in [0.5, 0.6) is 0 Å². The molecule has 100 valence electrons. The normalized spacial score (nSPS) is 18.0. The molecule has 0 unspecified atom stereocenters. The lowest BCUT2D eigenvalue weighted by Crippen LogP contribution is -2.42. The molecule has 1 aliphatic carbocycles. The highest BCUT2D eigenvalue weighted by atomic mass is 16.2. The van der Waals surface area contributed by atoms with Gasteiger partial charge < -0.3 is 0 Å². The molecule has 0 saturated heterocycles. The molecule has 0 aromatic heterocycles. The highest BCUT2D eigenvalue weighted by Crippen LogP contribution is 2.41. The fourth-order valence-electron chi connectivity index (χ4n) is 3.11. The van der Waals surface area contributed by atoms with Crippen molar-refractivity contribution in [2.75, 3.05) is 0 Å². The van der Waals surface area contributed by atoms with Gasteiger partial charge in [0.05, 0.1) is 11.8 Å². The summed E-state index contributed by atoms with van der Waals surface area (Å²) in [5.74, 6) is 0.0728. The van der Waals surface area contributed by atoms with Gasteiger partial charge >= 0.3 is 0 Å². The molecule has 2 aromatic carbocycles. The van der Waals surface area contributed by atoms with Crippen LogP contribution in [0.1, 0.15) is 30.4 Å². The summed E-state index contributed by atoms with van der Waals surface area (Å²) in [6, 6.07) is 19.6. The molecular formula is C18H16O2. The molecule has 3 rings (SSSR count). The lowest BCUT2D eigenvalue weighted by molar-refractivity contribution is -0.133. The van der Waals surface area contributed by atoms with Gasteiger partial charge in [0, 0.05) is 6.42 Å². The van der Waals surface area contributed by atoms with Gasteiger partial charge in [-0.1, -0.05) is 60.7 Å². The molecule has 0 spiro atoms. The molecule has 2 aromatic rings. The molecule has 0 bridgehead atoms. The van der Waals surface area contributed by atoms with E-state index in [1.807, 2.05) is 60.7 Å². The summed E-state index contributed by atoms with van der Waals surface area (Å²) in [4.78, 5) is 24.3. The summed E-state index contributed by atoms with van der Waals surface area (Å²) in [6.07, 6.45) is 1.08. The van der Waals surface area contributed by atoms with Crippen molar-refractivity contribution in [3.05, 3.63) is 71.8 Å². The highest BCUT2D eigenvalue weighted by molar-refractivity contribution is 6.08. The van der Waals surface area contributed by atoms with Gasteiger partial charge in [-0.2, -0.15) is 0 Å². The van der Waals surface area contributed by atoms with E-state index in [0.717, 1.165) is 11.1 Å². The maximum absolute atomic E-state index is 12.7. The lowest BCUT2D eigenvalue weighted by Gasteiger charge is -2.36. The van der Waals surface area contributed by atoms with Crippen LogP contribution in [0.25, 0.3) is 0 Å². The van der Waals surface area contributed by atoms with Gasteiger partial charge in [0.1, 0.15) is 5.78 Å². The summed E-state index contributed by atoms with van der Waals surface area (Å²) < 4.78 is 0. The number of benzene rings is 2. The van der Waals surface area contributed by atoms with Gasteiger partial charge in [0.15, 0.2) is 5.78 Å². The molecule has 1 aliphatic rings.